The van der Waals surface area contributed by atoms with Crippen molar-refractivity contribution in [1.82, 2.24) is 9.29 Å². The molecule has 0 amide bonds. The first-order valence-corrected chi connectivity index (χ1v) is 13.3. The molecule has 0 aliphatic carbocycles. The van der Waals surface area contributed by atoms with Crippen molar-refractivity contribution < 1.29 is 17.9 Å². The lowest BCUT2D eigenvalue weighted by Gasteiger charge is -2.21. The van der Waals surface area contributed by atoms with Crippen LogP contribution in [-0.2, 0) is 10.0 Å². The Morgan fingerprint density at radius 3 is 2.50 bits per heavy atom. The summed E-state index contributed by atoms with van der Waals surface area (Å²) in [5.74, 6) is 1.21. The van der Waals surface area contributed by atoms with Crippen LogP contribution in [-0.4, -0.2) is 51.2 Å². The van der Waals surface area contributed by atoms with Crippen LogP contribution in [0.15, 0.2) is 57.8 Å². The molecule has 1 N–H and O–H groups in total. The zero-order valence-electron chi connectivity index (χ0n) is 19.8. The zero-order valence-corrected chi connectivity index (χ0v) is 21.4. The van der Waals surface area contributed by atoms with Crippen LogP contribution in [0.25, 0.3) is 11.3 Å². The third kappa shape index (κ3) is 5.94. The number of benzene rings is 2. The van der Waals surface area contributed by atoms with Crippen molar-refractivity contribution in [3.63, 3.8) is 0 Å². The van der Waals surface area contributed by atoms with Gasteiger partial charge in [-0.2, -0.15) is 9.41 Å². The van der Waals surface area contributed by atoms with Crippen molar-refractivity contribution in [2.45, 2.75) is 31.6 Å². The molecule has 0 bridgehead atoms. The minimum Gasteiger partial charge on any atom is -0.493 e. The van der Waals surface area contributed by atoms with Gasteiger partial charge < -0.3 is 9.47 Å². The molecule has 0 unspecified atom stereocenters. The molecule has 8 nitrogen and oxygen atoms in total. The van der Waals surface area contributed by atoms with Gasteiger partial charge in [0.05, 0.1) is 31.0 Å². The Morgan fingerprint density at radius 2 is 1.82 bits per heavy atom. The molecule has 0 radical (unpaired) electrons. The summed E-state index contributed by atoms with van der Waals surface area (Å²) in [5, 5.41) is 6.71. The summed E-state index contributed by atoms with van der Waals surface area (Å²) in [4.78, 5) is 4.83. The average molecular weight is 503 g/mol. The van der Waals surface area contributed by atoms with E-state index in [0.29, 0.717) is 35.4 Å². The van der Waals surface area contributed by atoms with E-state index in [1.54, 1.807) is 42.9 Å². The number of hydrazone groups is 1. The van der Waals surface area contributed by atoms with Gasteiger partial charge >= 0.3 is 0 Å². The number of ether oxygens (including phenoxy) is 2. The van der Waals surface area contributed by atoms with E-state index in [2.05, 4.69) is 15.5 Å². The number of hydrogen-bond acceptors (Lipinski definition) is 8. The lowest BCUT2D eigenvalue weighted by atomic mass is 10.2. The van der Waals surface area contributed by atoms with Gasteiger partial charge in [-0.1, -0.05) is 32.0 Å². The molecule has 3 aromatic rings. The molecule has 34 heavy (non-hydrogen) atoms. The van der Waals surface area contributed by atoms with Gasteiger partial charge in [0.25, 0.3) is 0 Å². The largest absolute Gasteiger partial charge is 0.493 e. The van der Waals surface area contributed by atoms with E-state index in [-0.39, 0.29) is 4.90 Å². The van der Waals surface area contributed by atoms with Crippen LogP contribution in [0.4, 0.5) is 5.13 Å². The van der Waals surface area contributed by atoms with Crippen LogP contribution in [0, 0.1) is 0 Å². The average Bonchev–Trinajstić information content (AvgIpc) is 3.32. The van der Waals surface area contributed by atoms with Crippen molar-refractivity contribution in [2.75, 3.05) is 32.7 Å². The summed E-state index contributed by atoms with van der Waals surface area (Å²) in [6.45, 7) is 4.96. The minimum atomic E-state index is -3.56. The zero-order chi connectivity index (χ0) is 24.6. The summed E-state index contributed by atoms with van der Waals surface area (Å²) in [6, 6.07) is 12.4. The van der Waals surface area contributed by atoms with E-state index < -0.39 is 10.0 Å². The molecular weight excluding hydrogens is 472 g/mol. The number of methoxy groups -OCH3 is 2. The van der Waals surface area contributed by atoms with E-state index in [0.717, 1.165) is 24.0 Å². The van der Waals surface area contributed by atoms with E-state index in [1.165, 1.54) is 11.3 Å². The Hall–Kier alpha value is -2.95. The second-order valence-electron chi connectivity index (χ2n) is 7.42. The predicted molar refractivity (Wildman–Crippen MR) is 138 cm³/mol. The molecule has 1 aromatic heterocycles. The molecule has 0 saturated carbocycles. The van der Waals surface area contributed by atoms with Crippen molar-refractivity contribution in [3.05, 3.63) is 53.4 Å². The van der Waals surface area contributed by atoms with Crippen LogP contribution >= 0.6 is 11.3 Å². The fraction of sp³-hybridized carbons (Fsp3) is 0.333. The first kappa shape index (κ1) is 25.7. The van der Waals surface area contributed by atoms with Crippen LogP contribution in [0.5, 0.6) is 11.5 Å². The normalized spacial score (nSPS) is 11.8. The maximum atomic E-state index is 13.1. The molecule has 0 atom stereocenters. The number of aromatic nitrogens is 1. The fourth-order valence-electron chi connectivity index (χ4n) is 3.44. The molecule has 0 aliphatic rings. The molecule has 0 aliphatic heterocycles. The van der Waals surface area contributed by atoms with Crippen molar-refractivity contribution in [1.29, 1.82) is 0 Å². The van der Waals surface area contributed by atoms with Crippen LogP contribution < -0.4 is 14.9 Å². The van der Waals surface area contributed by atoms with Crippen molar-refractivity contribution >= 4 is 32.7 Å². The highest BCUT2D eigenvalue weighted by Gasteiger charge is 2.23. The van der Waals surface area contributed by atoms with Crippen LogP contribution in [0.3, 0.4) is 0 Å². The van der Waals surface area contributed by atoms with E-state index >= 15 is 0 Å². The fourth-order valence-corrected chi connectivity index (χ4v) is 5.78. The highest BCUT2D eigenvalue weighted by molar-refractivity contribution is 7.89. The molecule has 1 heterocycles. The Morgan fingerprint density at radius 1 is 1.09 bits per heavy atom. The summed E-state index contributed by atoms with van der Waals surface area (Å²) < 4.78 is 38.5. The van der Waals surface area contributed by atoms with Gasteiger partial charge in [-0.15, -0.1) is 11.3 Å². The van der Waals surface area contributed by atoms with Crippen LogP contribution in [0.2, 0.25) is 0 Å². The van der Waals surface area contributed by atoms with E-state index in [1.807, 2.05) is 43.5 Å². The summed E-state index contributed by atoms with van der Waals surface area (Å²) >= 11 is 1.38. The smallest absolute Gasteiger partial charge is 0.243 e. The van der Waals surface area contributed by atoms with Gasteiger partial charge in [0.2, 0.25) is 15.2 Å². The standard InChI is InChI=1S/C24H30N4O4S2/c1-5-13-28(14-6-2)34(29,30)20-11-7-9-18(15-20)21-17-33-24(26-21)27-25-16-19-10-8-12-22(31-3)23(19)32-4/h7-12,15-17H,5-6,13-14H2,1-4H3,(H,26,27). The highest BCUT2D eigenvalue weighted by Crippen LogP contribution is 2.30. The van der Waals surface area contributed by atoms with Crippen LogP contribution in [0.1, 0.15) is 32.3 Å². The lowest BCUT2D eigenvalue weighted by molar-refractivity contribution is 0.354. The first-order chi connectivity index (χ1) is 16.4. The second kappa shape index (κ2) is 12.0. The number of para-hydroxylation sites is 1. The van der Waals surface area contributed by atoms with Gasteiger partial charge in [-0.05, 0) is 37.1 Å². The summed E-state index contributed by atoms with van der Waals surface area (Å²) in [7, 11) is -0.399. The van der Waals surface area contributed by atoms with Crippen molar-refractivity contribution in [3.8, 4) is 22.8 Å². The van der Waals surface area contributed by atoms with Gasteiger partial charge in [0.15, 0.2) is 11.5 Å². The van der Waals surface area contributed by atoms with Gasteiger partial charge in [-0.3, -0.25) is 5.43 Å². The van der Waals surface area contributed by atoms with E-state index in [4.69, 9.17) is 9.47 Å². The maximum absolute atomic E-state index is 13.1. The Kier molecular flexibility index (Phi) is 9.03. The van der Waals surface area contributed by atoms with E-state index in [9.17, 15) is 8.42 Å². The number of anilines is 1. The Balaban J connectivity index is 1.78. The minimum absolute atomic E-state index is 0.276. The highest BCUT2D eigenvalue weighted by atomic mass is 32.2. The summed E-state index contributed by atoms with van der Waals surface area (Å²) in [5.41, 5.74) is 5.09. The van der Waals surface area contributed by atoms with Gasteiger partial charge in [-0.25, -0.2) is 13.4 Å². The molecule has 3 rings (SSSR count). The Bertz CT molecular complexity index is 1220. The third-order valence-corrected chi connectivity index (χ3v) is 7.66. The number of hydrogen-bond donors (Lipinski definition) is 1. The molecule has 0 saturated heterocycles. The molecular formula is C24H30N4O4S2. The van der Waals surface area contributed by atoms with Gasteiger partial charge in [0, 0.05) is 29.6 Å². The second-order valence-corrected chi connectivity index (χ2v) is 10.2. The topological polar surface area (TPSA) is 93.1 Å². The first-order valence-electron chi connectivity index (χ1n) is 11.0. The monoisotopic (exact) mass is 502 g/mol. The number of nitrogens with zero attached hydrogens (tertiary/aromatic N) is 3. The quantitative estimate of drug-likeness (QED) is 0.274. The van der Waals surface area contributed by atoms with Crippen molar-refractivity contribution in [2.24, 2.45) is 5.10 Å². The number of nitrogens with one attached hydrogen (secondary N) is 1. The number of sulfonamides is 1. The molecule has 0 fully saturated rings. The summed E-state index contributed by atoms with van der Waals surface area (Å²) in [6.07, 6.45) is 3.16. The third-order valence-electron chi connectivity index (χ3n) is 5.02. The van der Waals surface area contributed by atoms with Gasteiger partial charge in [0.1, 0.15) is 0 Å². The Labute approximate surface area is 205 Å². The number of rotatable bonds is 12. The lowest BCUT2D eigenvalue weighted by Crippen LogP contribution is -2.32. The molecule has 2 aromatic carbocycles. The maximum Gasteiger partial charge on any atom is 0.243 e. The number of thiazole rings is 1. The SMILES string of the molecule is CCCN(CCC)S(=O)(=O)c1cccc(-c2csc(NN=Cc3cccc(OC)c3OC)n2)c1. The molecule has 182 valence electrons. The molecule has 0 spiro atoms. The predicted octanol–water partition coefficient (Wildman–Crippen LogP) is 5.08. The molecule has 10 heteroatoms.